The highest BCUT2D eigenvalue weighted by Gasteiger charge is 2.16. The minimum absolute atomic E-state index is 0.284. The molecule has 1 saturated carbocycles. The molecule has 0 unspecified atom stereocenters. The van der Waals surface area contributed by atoms with Gasteiger partial charge in [-0.15, -0.1) is 0 Å². The van der Waals surface area contributed by atoms with E-state index in [-0.39, 0.29) is 5.84 Å². The quantitative estimate of drug-likeness (QED) is 0.396. The van der Waals surface area contributed by atoms with Crippen LogP contribution in [0.2, 0.25) is 0 Å². The smallest absolute Gasteiger partial charge is 0.105 e. The van der Waals surface area contributed by atoms with Gasteiger partial charge in [0.15, 0.2) is 0 Å². The van der Waals surface area contributed by atoms with Gasteiger partial charge in [-0.1, -0.05) is 25.7 Å². The monoisotopic (exact) mass is 183 g/mol. The van der Waals surface area contributed by atoms with Gasteiger partial charge in [-0.05, 0) is 19.9 Å². The van der Waals surface area contributed by atoms with Gasteiger partial charge in [0, 0.05) is 6.04 Å². The fraction of sp³-hybridized carbons (Fsp3) is 0.900. The van der Waals surface area contributed by atoms with Crippen LogP contribution in [0.5, 0.6) is 0 Å². The molecular formula is C10H21N3. The van der Waals surface area contributed by atoms with Crippen LogP contribution in [0.3, 0.4) is 0 Å². The molecule has 76 valence electrons. The second-order valence-corrected chi connectivity index (χ2v) is 4.09. The topological polar surface area (TPSA) is 53.1 Å². The van der Waals surface area contributed by atoms with Crippen molar-refractivity contribution in [2.75, 3.05) is 13.6 Å². The maximum absolute atomic E-state index is 7.23. The minimum Gasteiger partial charge on any atom is -0.387 e. The highest BCUT2D eigenvalue weighted by molar-refractivity contribution is 5.78. The van der Waals surface area contributed by atoms with E-state index in [2.05, 4.69) is 11.9 Å². The third kappa shape index (κ3) is 3.77. The van der Waals surface area contributed by atoms with Crippen molar-refractivity contribution in [3.8, 4) is 0 Å². The lowest BCUT2D eigenvalue weighted by atomic mass is 10.1. The lowest BCUT2D eigenvalue weighted by Gasteiger charge is -2.26. The molecule has 0 bridgehead atoms. The van der Waals surface area contributed by atoms with E-state index in [1.54, 1.807) is 0 Å². The number of nitrogens with zero attached hydrogens (tertiary/aromatic N) is 1. The van der Waals surface area contributed by atoms with E-state index in [0.717, 1.165) is 0 Å². The van der Waals surface area contributed by atoms with Crippen LogP contribution in [0.1, 0.15) is 38.5 Å². The van der Waals surface area contributed by atoms with Gasteiger partial charge in [0.05, 0.1) is 6.54 Å². The number of nitrogens with one attached hydrogen (secondary N) is 1. The second-order valence-electron chi connectivity index (χ2n) is 4.09. The molecule has 3 nitrogen and oxygen atoms in total. The Morgan fingerprint density at radius 2 is 1.85 bits per heavy atom. The summed E-state index contributed by atoms with van der Waals surface area (Å²) in [6.45, 7) is 0.630. The molecule has 1 fully saturated rings. The molecule has 0 aromatic rings. The Kier molecular flexibility index (Phi) is 4.22. The van der Waals surface area contributed by atoms with E-state index in [9.17, 15) is 0 Å². The summed E-state index contributed by atoms with van der Waals surface area (Å²) in [5.74, 6) is 0.284. The highest BCUT2D eigenvalue weighted by atomic mass is 15.1. The molecule has 0 aromatic carbocycles. The molecule has 0 atom stereocenters. The zero-order chi connectivity index (χ0) is 9.68. The summed E-state index contributed by atoms with van der Waals surface area (Å²) in [7, 11) is 2.08. The second kappa shape index (κ2) is 5.22. The number of rotatable bonds is 3. The predicted molar refractivity (Wildman–Crippen MR) is 56.0 cm³/mol. The molecular weight excluding hydrogens is 162 g/mol. The third-order valence-electron chi connectivity index (χ3n) is 2.87. The molecule has 0 heterocycles. The summed E-state index contributed by atoms with van der Waals surface area (Å²) >= 11 is 0. The normalized spacial score (nSPS) is 20.2. The van der Waals surface area contributed by atoms with E-state index < -0.39 is 0 Å². The molecule has 1 aliphatic carbocycles. The summed E-state index contributed by atoms with van der Waals surface area (Å²) in [6.07, 6.45) is 8.00. The fourth-order valence-corrected chi connectivity index (χ4v) is 2.10. The van der Waals surface area contributed by atoms with Crippen LogP contribution in [-0.4, -0.2) is 30.4 Å². The number of nitrogens with two attached hydrogens (primary N) is 1. The first-order valence-electron chi connectivity index (χ1n) is 5.23. The van der Waals surface area contributed by atoms with Crippen molar-refractivity contribution < 1.29 is 0 Å². The molecule has 0 aliphatic heterocycles. The van der Waals surface area contributed by atoms with Gasteiger partial charge in [0.25, 0.3) is 0 Å². The standard InChI is InChI=1S/C10H21N3/c1-13(8-10(11)12)9-6-4-2-3-5-7-9/h9H,2-8H2,1H3,(H3,11,12). The van der Waals surface area contributed by atoms with Crippen molar-refractivity contribution >= 4 is 5.84 Å². The number of likely N-dealkylation sites (N-methyl/N-ethyl adjacent to an activating group) is 1. The van der Waals surface area contributed by atoms with Crippen LogP contribution >= 0.6 is 0 Å². The Balaban J connectivity index is 2.34. The van der Waals surface area contributed by atoms with Crippen molar-refractivity contribution in [1.82, 2.24) is 4.90 Å². The summed E-state index contributed by atoms with van der Waals surface area (Å²) in [5.41, 5.74) is 5.38. The van der Waals surface area contributed by atoms with Crippen LogP contribution in [0.4, 0.5) is 0 Å². The van der Waals surface area contributed by atoms with Crippen LogP contribution in [0.15, 0.2) is 0 Å². The van der Waals surface area contributed by atoms with Crippen molar-refractivity contribution in [2.45, 2.75) is 44.6 Å². The molecule has 1 aliphatic rings. The van der Waals surface area contributed by atoms with Crippen LogP contribution in [0.25, 0.3) is 0 Å². The Labute approximate surface area is 80.8 Å². The largest absolute Gasteiger partial charge is 0.387 e. The molecule has 13 heavy (non-hydrogen) atoms. The average Bonchev–Trinajstić information content (AvgIpc) is 2.29. The minimum atomic E-state index is 0.284. The van der Waals surface area contributed by atoms with E-state index in [1.165, 1.54) is 38.5 Å². The zero-order valence-corrected chi connectivity index (χ0v) is 8.55. The summed E-state index contributed by atoms with van der Waals surface area (Å²) < 4.78 is 0. The van der Waals surface area contributed by atoms with Gasteiger partial charge in [-0.2, -0.15) is 0 Å². The summed E-state index contributed by atoms with van der Waals surface area (Å²) in [6, 6.07) is 0.659. The number of amidine groups is 1. The molecule has 1 rings (SSSR count). The zero-order valence-electron chi connectivity index (χ0n) is 8.55. The Morgan fingerprint density at radius 1 is 1.31 bits per heavy atom. The fourth-order valence-electron chi connectivity index (χ4n) is 2.10. The first-order chi connectivity index (χ1) is 6.20. The lowest BCUT2D eigenvalue weighted by molar-refractivity contribution is 0.248. The van der Waals surface area contributed by atoms with E-state index in [4.69, 9.17) is 11.1 Å². The molecule has 3 heteroatoms. The molecule has 3 N–H and O–H groups in total. The van der Waals surface area contributed by atoms with E-state index >= 15 is 0 Å². The van der Waals surface area contributed by atoms with Crippen molar-refractivity contribution in [3.63, 3.8) is 0 Å². The Hall–Kier alpha value is -0.570. The predicted octanol–water partition coefficient (Wildman–Crippen LogP) is 1.58. The van der Waals surface area contributed by atoms with E-state index in [1.807, 2.05) is 0 Å². The van der Waals surface area contributed by atoms with Gasteiger partial charge in [0.2, 0.25) is 0 Å². The Morgan fingerprint density at radius 3 is 2.31 bits per heavy atom. The molecule has 0 saturated heterocycles. The van der Waals surface area contributed by atoms with Gasteiger partial charge in [-0.3, -0.25) is 10.3 Å². The average molecular weight is 183 g/mol. The Bertz CT molecular complexity index is 160. The first kappa shape index (κ1) is 10.5. The van der Waals surface area contributed by atoms with Gasteiger partial charge < -0.3 is 5.73 Å². The van der Waals surface area contributed by atoms with E-state index in [0.29, 0.717) is 12.6 Å². The van der Waals surface area contributed by atoms with Crippen molar-refractivity contribution in [2.24, 2.45) is 5.73 Å². The van der Waals surface area contributed by atoms with Crippen molar-refractivity contribution in [1.29, 1.82) is 5.41 Å². The summed E-state index contributed by atoms with van der Waals surface area (Å²) in [4.78, 5) is 2.23. The first-order valence-corrected chi connectivity index (χ1v) is 5.23. The van der Waals surface area contributed by atoms with Crippen molar-refractivity contribution in [3.05, 3.63) is 0 Å². The van der Waals surface area contributed by atoms with Gasteiger partial charge in [-0.25, -0.2) is 0 Å². The molecule has 0 aromatic heterocycles. The highest BCUT2D eigenvalue weighted by Crippen LogP contribution is 2.20. The maximum atomic E-state index is 7.23. The number of hydrogen-bond donors (Lipinski definition) is 2. The van der Waals surface area contributed by atoms with Gasteiger partial charge >= 0.3 is 0 Å². The number of hydrogen-bond acceptors (Lipinski definition) is 2. The van der Waals surface area contributed by atoms with Crippen LogP contribution in [-0.2, 0) is 0 Å². The molecule has 0 spiro atoms. The molecule has 0 radical (unpaired) electrons. The third-order valence-corrected chi connectivity index (χ3v) is 2.87. The van der Waals surface area contributed by atoms with Crippen LogP contribution in [0, 0.1) is 5.41 Å². The maximum Gasteiger partial charge on any atom is 0.105 e. The molecule has 0 amide bonds. The lowest BCUT2D eigenvalue weighted by Crippen LogP contribution is -2.37. The SMILES string of the molecule is CN(CC(=N)N)C1CCCCCC1. The summed E-state index contributed by atoms with van der Waals surface area (Å²) in [5, 5.41) is 7.23. The van der Waals surface area contributed by atoms with Crippen LogP contribution < -0.4 is 5.73 Å². The van der Waals surface area contributed by atoms with Gasteiger partial charge in [0.1, 0.15) is 5.84 Å².